The van der Waals surface area contributed by atoms with Crippen molar-refractivity contribution < 1.29 is 24.5 Å². The van der Waals surface area contributed by atoms with Gasteiger partial charge >= 0.3 is 5.97 Å². The zero-order valence-electron chi connectivity index (χ0n) is 12.3. The summed E-state index contributed by atoms with van der Waals surface area (Å²) in [6.07, 6.45) is -0.320. The molecule has 116 valence electrons. The Morgan fingerprint density at radius 1 is 1.57 bits per heavy atom. The van der Waals surface area contributed by atoms with Gasteiger partial charge in [-0.1, -0.05) is 0 Å². The molecule has 0 radical (unpaired) electrons. The van der Waals surface area contributed by atoms with Crippen LogP contribution < -0.4 is 4.74 Å². The Kier molecular flexibility index (Phi) is 5.03. The molecule has 6 heteroatoms. The van der Waals surface area contributed by atoms with Gasteiger partial charge in [0.1, 0.15) is 11.5 Å². The molecular weight excluding hydrogens is 274 g/mol. The van der Waals surface area contributed by atoms with Crippen molar-refractivity contribution in [3.63, 3.8) is 0 Å². The van der Waals surface area contributed by atoms with Gasteiger partial charge in [-0.15, -0.1) is 0 Å². The number of rotatable bonds is 5. The minimum absolute atomic E-state index is 0.00663. The Morgan fingerprint density at radius 2 is 2.33 bits per heavy atom. The fourth-order valence-corrected chi connectivity index (χ4v) is 2.60. The first kappa shape index (κ1) is 15.6. The summed E-state index contributed by atoms with van der Waals surface area (Å²) in [6, 6.07) is 5.08. The maximum absolute atomic E-state index is 10.8. The number of carboxylic acids is 1. The highest BCUT2D eigenvalue weighted by atomic mass is 16.5. The average Bonchev–Trinajstić information content (AvgIpc) is 2.46. The molecule has 1 aliphatic rings. The van der Waals surface area contributed by atoms with E-state index in [1.54, 1.807) is 19.2 Å². The first-order chi connectivity index (χ1) is 10.0. The number of ether oxygens (including phenoxy) is 2. The Balaban J connectivity index is 2.11. The number of aliphatic carboxylic acids is 1. The molecule has 0 aromatic heterocycles. The van der Waals surface area contributed by atoms with Crippen molar-refractivity contribution in [3.05, 3.63) is 23.8 Å². The molecule has 2 atom stereocenters. The third-order valence-corrected chi connectivity index (χ3v) is 3.80. The Bertz CT molecular complexity index is 505. The van der Waals surface area contributed by atoms with Gasteiger partial charge in [0.25, 0.3) is 0 Å². The van der Waals surface area contributed by atoms with E-state index in [1.165, 1.54) is 0 Å². The molecular formula is C15H21NO5. The highest BCUT2D eigenvalue weighted by Gasteiger charge is 2.27. The smallest absolute Gasteiger partial charge is 0.306 e. The predicted molar refractivity (Wildman–Crippen MR) is 76.6 cm³/mol. The van der Waals surface area contributed by atoms with E-state index in [-0.39, 0.29) is 24.3 Å². The van der Waals surface area contributed by atoms with Crippen LogP contribution in [-0.2, 0) is 9.53 Å². The van der Waals surface area contributed by atoms with E-state index < -0.39 is 5.97 Å². The van der Waals surface area contributed by atoms with Gasteiger partial charge in [0, 0.05) is 24.7 Å². The zero-order chi connectivity index (χ0) is 15.4. The summed E-state index contributed by atoms with van der Waals surface area (Å²) in [5.74, 6) is 0.0355. The van der Waals surface area contributed by atoms with Crippen molar-refractivity contribution in [3.8, 4) is 11.5 Å². The van der Waals surface area contributed by atoms with Crippen molar-refractivity contribution in [2.45, 2.75) is 25.5 Å². The number of aromatic hydroxyl groups is 1. The number of hydrogen-bond acceptors (Lipinski definition) is 5. The second-order valence-electron chi connectivity index (χ2n) is 5.19. The van der Waals surface area contributed by atoms with E-state index in [0.717, 1.165) is 5.56 Å². The van der Waals surface area contributed by atoms with Gasteiger partial charge in [0.15, 0.2) is 0 Å². The van der Waals surface area contributed by atoms with E-state index in [0.29, 0.717) is 25.4 Å². The molecule has 2 N–H and O–H groups in total. The second-order valence-corrected chi connectivity index (χ2v) is 5.19. The van der Waals surface area contributed by atoms with Crippen LogP contribution in [-0.4, -0.2) is 54.0 Å². The third kappa shape index (κ3) is 3.86. The summed E-state index contributed by atoms with van der Waals surface area (Å²) >= 11 is 0. The lowest BCUT2D eigenvalue weighted by Gasteiger charge is -2.36. The molecule has 1 saturated heterocycles. The van der Waals surface area contributed by atoms with Crippen molar-refractivity contribution in [2.24, 2.45) is 0 Å². The molecule has 1 aromatic rings. The molecule has 0 amide bonds. The van der Waals surface area contributed by atoms with Gasteiger partial charge in [-0.25, -0.2) is 0 Å². The number of benzene rings is 1. The highest BCUT2D eigenvalue weighted by Crippen LogP contribution is 2.32. The standard InChI is InChI=1S/C15H21NO5/c1-10(13-7-11(20-2)3-4-14(13)17)16-5-6-21-12(9-16)8-15(18)19/h3-4,7,10,12,17H,5-6,8-9H2,1-2H3,(H,18,19). The number of phenols is 1. The summed E-state index contributed by atoms with van der Waals surface area (Å²) in [5, 5.41) is 18.9. The van der Waals surface area contributed by atoms with Crippen molar-refractivity contribution in [1.29, 1.82) is 0 Å². The molecule has 21 heavy (non-hydrogen) atoms. The van der Waals surface area contributed by atoms with Gasteiger partial charge in [-0.2, -0.15) is 0 Å². The molecule has 0 aliphatic carbocycles. The van der Waals surface area contributed by atoms with E-state index in [2.05, 4.69) is 4.90 Å². The molecule has 0 saturated carbocycles. The Morgan fingerprint density at radius 3 is 3.00 bits per heavy atom. The summed E-state index contributed by atoms with van der Waals surface area (Å²) in [6.45, 7) is 3.71. The monoisotopic (exact) mass is 295 g/mol. The molecule has 1 aliphatic heterocycles. The lowest BCUT2D eigenvalue weighted by atomic mass is 10.0. The topological polar surface area (TPSA) is 79.2 Å². The summed E-state index contributed by atoms with van der Waals surface area (Å²) in [4.78, 5) is 12.9. The average molecular weight is 295 g/mol. The minimum Gasteiger partial charge on any atom is -0.508 e. The number of carboxylic acid groups (broad SMARTS) is 1. The fraction of sp³-hybridized carbons (Fsp3) is 0.533. The highest BCUT2D eigenvalue weighted by molar-refractivity contribution is 5.67. The number of nitrogens with zero attached hydrogens (tertiary/aromatic N) is 1. The largest absolute Gasteiger partial charge is 0.508 e. The van der Waals surface area contributed by atoms with Crippen LogP contribution in [0.2, 0.25) is 0 Å². The number of morpholine rings is 1. The maximum atomic E-state index is 10.8. The number of phenolic OH excluding ortho intramolecular Hbond substituents is 1. The zero-order valence-corrected chi connectivity index (χ0v) is 12.3. The van der Waals surface area contributed by atoms with E-state index in [9.17, 15) is 9.90 Å². The van der Waals surface area contributed by atoms with Crippen LogP contribution in [0.1, 0.15) is 24.9 Å². The summed E-state index contributed by atoms with van der Waals surface area (Å²) in [7, 11) is 1.58. The van der Waals surface area contributed by atoms with Crippen LogP contribution in [0.4, 0.5) is 0 Å². The lowest BCUT2D eigenvalue weighted by molar-refractivity contribution is -0.142. The van der Waals surface area contributed by atoms with Crippen LogP contribution in [0, 0.1) is 0 Å². The van der Waals surface area contributed by atoms with Crippen LogP contribution >= 0.6 is 0 Å². The van der Waals surface area contributed by atoms with Gasteiger partial charge in [0.2, 0.25) is 0 Å². The van der Waals surface area contributed by atoms with Crippen molar-refractivity contribution >= 4 is 5.97 Å². The van der Waals surface area contributed by atoms with Gasteiger partial charge in [-0.3, -0.25) is 9.69 Å². The van der Waals surface area contributed by atoms with Gasteiger partial charge in [-0.05, 0) is 25.1 Å². The van der Waals surface area contributed by atoms with Crippen LogP contribution in [0.5, 0.6) is 11.5 Å². The molecule has 0 spiro atoms. The van der Waals surface area contributed by atoms with Gasteiger partial charge < -0.3 is 19.7 Å². The first-order valence-electron chi connectivity index (χ1n) is 6.95. The predicted octanol–water partition coefficient (Wildman–Crippen LogP) is 1.64. The van der Waals surface area contributed by atoms with Crippen LogP contribution in [0.15, 0.2) is 18.2 Å². The lowest BCUT2D eigenvalue weighted by Crippen LogP contribution is -2.44. The SMILES string of the molecule is COc1ccc(O)c(C(C)N2CCOC(CC(=O)O)C2)c1. The normalized spacial score (nSPS) is 21.0. The van der Waals surface area contributed by atoms with Crippen LogP contribution in [0.25, 0.3) is 0 Å². The molecule has 2 unspecified atom stereocenters. The Labute approximate surface area is 123 Å². The number of methoxy groups -OCH3 is 1. The van der Waals surface area contributed by atoms with Crippen molar-refractivity contribution in [2.75, 3.05) is 26.8 Å². The molecule has 6 nitrogen and oxygen atoms in total. The molecule has 1 aromatic carbocycles. The number of carbonyl (C=O) groups is 1. The van der Waals surface area contributed by atoms with E-state index >= 15 is 0 Å². The summed E-state index contributed by atoms with van der Waals surface area (Å²) in [5.41, 5.74) is 0.769. The fourth-order valence-electron chi connectivity index (χ4n) is 2.60. The van der Waals surface area contributed by atoms with E-state index in [1.807, 2.05) is 13.0 Å². The molecule has 0 bridgehead atoms. The maximum Gasteiger partial charge on any atom is 0.306 e. The second kappa shape index (κ2) is 6.78. The quantitative estimate of drug-likeness (QED) is 0.859. The first-order valence-corrected chi connectivity index (χ1v) is 6.95. The summed E-state index contributed by atoms with van der Waals surface area (Å²) < 4.78 is 10.7. The Hall–Kier alpha value is -1.79. The van der Waals surface area contributed by atoms with Crippen molar-refractivity contribution in [1.82, 2.24) is 4.90 Å². The van der Waals surface area contributed by atoms with Gasteiger partial charge in [0.05, 0.1) is 26.2 Å². The minimum atomic E-state index is -0.862. The van der Waals surface area contributed by atoms with Crippen LogP contribution in [0.3, 0.4) is 0 Å². The number of hydrogen-bond donors (Lipinski definition) is 2. The molecule has 2 rings (SSSR count). The third-order valence-electron chi connectivity index (χ3n) is 3.80. The molecule has 1 heterocycles. The molecule has 1 fully saturated rings. The van der Waals surface area contributed by atoms with E-state index in [4.69, 9.17) is 14.6 Å².